The van der Waals surface area contributed by atoms with Gasteiger partial charge in [0.25, 0.3) is 0 Å². The fraction of sp³-hybridized carbons (Fsp3) is 0. The fourth-order valence-corrected chi connectivity index (χ4v) is 3.07. The van der Waals surface area contributed by atoms with Crippen molar-refractivity contribution < 1.29 is 9.18 Å². The molecule has 4 nitrogen and oxygen atoms in total. The van der Waals surface area contributed by atoms with Gasteiger partial charge in [0.2, 0.25) is 5.91 Å². The Hall–Kier alpha value is -2.96. The Kier molecular flexibility index (Phi) is 6.01. The number of nitrogens with zero attached hydrogens (tertiary/aromatic N) is 1. The van der Waals surface area contributed by atoms with Crippen LogP contribution in [0.25, 0.3) is 6.08 Å². The van der Waals surface area contributed by atoms with Gasteiger partial charge in [-0.1, -0.05) is 35.9 Å². The van der Waals surface area contributed by atoms with E-state index in [2.05, 4.69) is 10.3 Å². The summed E-state index contributed by atoms with van der Waals surface area (Å²) in [6.07, 6.45) is 2.85. The maximum atomic E-state index is 14.0. The van der Waals surface area contributed by atoms with Crippen LogP contribution in [0.2, 0.25) is 5.02 Å². The number of amides is 1. The SMILES string of the molecule is NC(=Nc1ccc(F)c(NC(=O)C=Cc2ccccc2Cl)c1)c1cccs1. The molecule has 1 heterocycles. The molecular formula is C20H15ClFN3OS. The number of hydrogen-bond acceptors (Lipinski definition) is 3. The third-order valence-electron chi connectivity index (χ3n) is 3.55. The number of halogens is 2. The van der Waals surface area contributed by atoms with Gasteiger partial charge in [0.15, 0.2) is 0 Å². The molecule has 7 heteroatoms. The van der Waals surface area contributed by atoms with Gasteiger partial charge >= 0.3 is 0 Å². The van der Waals surface area contributed by atoms with Gasteiger partial charge in [-0.05, 0) is 47.4 Å². The summed E-state index contributed by atoms with van der Waals surface area (Å²) in [5.41, 5.74) is 7.09. The molecule has 0 aliphatic carbocycles. The highest BCUT2D eigenvalue weighted by atomic mass is 35.5. The minimum Gasteiger partial charge on any atom is -0.383 e. The van der Waals surface area contributed by atoms with Crippen molar-refractivity contribution in [2.45, 2.75) is 0 Å². The van der Waals surface area contributed by atoms with Crippen molar-refractivity contribution in [1.82, 2.24) is 0 Å². The predicted molar refractivity (Wildman–Crippen MR) is 110 cm³/mol. The topological polar surface area (TPSA) is 67.5 Å². The highest BCUT2D eigenvalue weighted by molar-refractivity contribution is 7.12. The normalized spacial score (nSPS) is 11.7. The molecule has 1 amide bonds. The summed E-state index contributed by atoms with van der Waals surface area (Å²) in [6, 6.07) is 15.0. The Bertz CT molecular complexity index is 1020. The van der Waals surface area contributed by atoms with E-state index in [1.165, 1.54) is 35.6 Å². The van der Waals surface area contributed by atoms with E-state index in [1.807, 2.05) is 23.6 Å². The van der Waals surface area contributed by atoms with E-state index in [4.69, 9.17) is 17.3 Å². The quantitative estimate of drug-likeness (QED) is 0.350. The van der Waals surface area contributed by atoms with Gasteiger partial charge in [-0.2, -0.15) is 0 Å². The number of thiophene rings is 1. The number of nitrogens with two attached hydrogens (primary N) is 1. The van der Waals surface area contributed by atoms with Crippen molar-refractivity contribution in [3.63, 3.8) is 0 Å². The van der Waals surface area contributed by atoms with Crippen molar-refractivity contribution in [2.75, 3.05) is 5.32 Å². The lowest BCUT2D eigenvalue weighted by molar-refractivity contribution is -0.111. The maximum Gasteiger partial charge on any atom is 0.248 e. The van der Waals surface area contributed by atoms with Crippen LogP contribution >= 0.6 is 22.9 Å². The van der Waals surface area contributed by atoms with Gasteiger partial charge in [0.1, 0.15) is 11.7 Å². The Morgan fingerprint density at radius 1 is 1.19 bits per heavy atom. The molecule has 0 spiro atoms. The summed E-state index contributed by atoms with van der Waals surface area (Å²) in [4.78, 5) is 17.2. The number of carbonyl (C=O) groups is 1. The average Bonchev–Trinajstić information content (AvgIpc) is 3.19. The standard InChI is InChI=1S/C20H15ClFN3OS/c21-15-5-2-1-4-13(15)7-10-19(26)25-17-12-14(8-9-16(17)22)24-20(23)18-6-3-11-27-18/h1-12H,(H2,23,24)(H,25,26). The first-order valence-electron chi connectivity index (χ1n) is 7.94. The predicted octanol–water partition coefficient (Wildman–Crippen LogP) is 5.23. The van der Waals surface area contributed by atoms with Crippen LogP contribution in [0.4, 0.5) is 15.8 Å². The van der Waals surface area contributed by atoms with Crippen LogP contribution in [0.15, 0.2) is 71.0 Å². The third-order valence-corrected chi connectivity index (χ3v) is 4.79. The van der Waals surface area contributed by atoms with Crippen molar-refractivity contribution in [2.24, 2.45) is 10.7 Å². The highest BCUT2D eigenvalue weighted by Crippen LogP contribution is 2.23. The van der Waals surface area contributed by atoms with Gasteiger partial charge < -0.3 is 11.1 Å². The molecule has 0 radical (unpaired) electrons. The van der Waals surface area contributed by atoms with Crippen LogP contribution in [-0.4, -0.2) is 11.7 Å². The van der Waals surface area contributed by atoms with Gasteiger partial charge in [-0.3, -0.25) is 4.79 Å². The molecule has 3 N–H and O–H groups in total. The molecule has 1 aromatic heterocycles. The molecule has 2 aromatic carbocycles. The van der Waals surface area contributed by atoms with E-state index in [-0.39, 0.29) is 5.69 Å². The number of carbonyl (C=O) groups excluding carboxylic acids is 1. The molecule has 0 atom stereocenters. The molecule has 0 aliphatic rings. The van der Waals surface area contributed by atoms with Gasteiger partial charge in [0, 0.05) is 11.1 Å². The van der Waals surface area contributed by atoms with E-state index >= 15 is 0 Å². The molecule has 0 unspecified atom stereocenters. The summed E-state index contributed by atoms with van der Waals surface area (Å²) < 4.78 is 14.0. The molecule has 3 aromatic rings. The van der Waals surface area contributed by atoms with Gasteiger partial charge in [-0.15, -0.1) is 11.3 Å². The Labute approximate surface area is 164 Å². The van der Waals surface area contributed by atoms with Crippen molar-refractivity contribution in [1.29, 1.82) is 0 Å². The summed E-state index contributed by atoms with van der Waals surface area (Å²) in [5.74, 6) is -0.725. The molecule has 3 rings (SSSR count). The molecule has 0 saturated carbocycles. The summed E-state index contributed by atoms with van der Waals surface area (Å²) in [5, 5.41) is 4.91. The number of benzene rings is 2. The number of aliphatic imine (C=N–C) groups is 1. The van der Waals surface area contributed by atoms with Crippen molar-refractivity contribution in [3.8, 4) is 0 Å². The Morgan fingerprint density at radius 3 is 2.74 bits per heavy atom. The zero-order valence-corrected chi connectivity index (χ0v) is 15.6. The van der Waals surface area contributed by atoms with Crippen molar-refractivity contribution >= 4 is 52.1 Å². The smallest absolute Gasteiger partial charge is 0.248 e. The molecule has 27 heavy (non-hydrogen) atoms. The van der Waals surface area contributed by atoms with Crippen LogP contribution in [0.3, 0.4) is 0 Å². The van der Waals surface area contributed by atoms with Crippen LogP contribution in [-0.2, 0) is 4.79 Å². The zero-order chi connectivity index (χ0) is 19.2. The molecule has 0 bridgehead atoms. The molecular weight excluding hydrogens is 385 g/mol. The number of hydrogen-bond donors (Lipinski definition) is 2. The minimum atomic E-state index is -0.567. The summed E-state index contributed by atoms with van der Waals surface area (Å²) in [6.45, 7) is 0. The van der Waals surface area contributed by atoms with Crippen molar-refractivity contribution in [3.05, 3.63) is 87.3 Å². The lowest BCUT2D eigenvalue weighted by Crippen LogP contribution is -2.11. The number of amidine groups is 1. The minimum absolute atomic E-state index is 0.0176. The van der Waals surface area contributed by atoms with Gasteiger partial charge in [0.05, 0.1) is 16.3 Å². The van der Waals surface area contributed by atoms with Crippen LogP contribution in [0.5, 0.6) is 0 Å². The number of nitrogens with one attached hydrogen (secondary N) is 1. The highest BCUT2D eigenvalue weighted by Gasteiger charge is 2.07. The fourth-order valence-electron chi connectivity index (χ4n) is 2.25. The van der Waals surface area contributed by atoms with E-state index in [0.717, 1.165) is 4.88 Å². The molecule has 0 saturated heterocycles. The Balaban J connectivity index is 1.76. The molecule has 0 fully saturated rings. The van der Waals surface area contributed by atoms with Crippen LogP contribution in [0.1, 0.15) is 10.4 Å². The van der Waals surface area contributed by atoms with E-state index in [9.17, 15) is 9.18 Å². The summed E-state index contributed by atoms with van der Waals surface area (Å²) >= 11 is 7.49. The first kappa shape index (κ1) is 18.8. The van der Waals surface area contributed by atoms with E-state index in [1.54, 1.807) is 24.3 Å². The first-order chi connectivity index (χ1) is 13.0. The lowest BCUT2D eigenvalue weighted by Gasteiger charge is -2.06. The summed E-state index contributed by atoms with van der Waals surface area (Å²) in [7, 11) is 0. The average molecular weight is 400 g/mol. The third kappa shape index (κ3) is 5.03. The molecule has 136 valence electrons. The van der Waals surface area contributed by atoms with E-state index < -0.39 is 11.7 Å². The second-order valence-electron chi connectivity index (χ2n) is 5.48. The first-order valence-corrected chi connectivity index (χ1v) is 9.20. The second kappa shape index (κ2) is 8.62. The largest absolute Gasteiger partial charge is 0.383 e. The zero-order valence-electron chi connectivity index (χ0n) is 14.0. The van der Waals surface area contributed by atoms with Gasteiger partial charge in [-0.25, -0.2) is 9.38 Å². The number of anilines is 1. The van der Waals surface area contributed by atoms with Crippen LogP contribution in [0, 0.1) is 5.82 Å². The lowest BCUT2D eigenvalue weighted by atomic mass is 10.2. The maximum absolute atomic E-state index is 14.0. The monoisotopic (exact) mass is 399 g/mol. The molecule has 0 aliphatic heterocycles. The number of rotatable bonds is 5. The Morgan fingerprint density at radius 2 is 2.00 bits per heavy atom. The van der Waals surface area contributed by atoms with Crippen LogP contribution < -0.4 is 11.1 Å². The van der Waals surface area contributed by atoms with E-state index in [0.29, 0.717) is 22.1 Å². The second-order valence-corrected chi connectivity index (χ2v) is 6.84.